The van der Waals surface area contributed by atoms with Crippen molar-refractivity contribution in [3.8, 4) is 34.5 Å². The summed E-state index contributed by atoms with van der Waals surface area (Å²) in [7, 11) is 4.48. The lowest BCUT2D eigenvalue weighted by Crippen LogP contribution is -2.27. The minimum Gasteiger partial charge on any atom is -0.507 e. The predicted molar refractivity (Wildman–Crippen MR) is 141 cm³/mol. The van der Waals surface area contributed by atoms with Crippen molar-refractivity contribution in [3.05, 3.63) is 81.7 Å². The number of carbonyl (C=O) groups is 1. The quantitative estimate of drug-likeness (QED) is 0.306. The normalized spacial score (nSPS) is 12.7. The fourth-order valence-electron chi connectivity index (χ4n) is 4.68. The first-order chi connectivity index (χ1) is 18.9. The molecule has 2 N–H and O–H groups in total. The van der Waals surface area contributed by atoms with E-state index in [0.717, 1.165) is 5.56 Å². The molecule has 0 spiro atoms. The second kappa shape index (κ2) is 10.9. The summed E-state index contributed by atoms with van der Waals surface area (Å²) in [6.45, 7) is 0.192. The average Bonchev–Trinajstić information content (AvgIpc) is 3.45. The van der Waals surface area contributed by atoms with Crippen LogP contribution in [0.2, 0.25) is 0 Å². The number of nitrogens with one attached hydrogen (secondary N) is 1. The minimum absolute atomic E-state index is 0.0537. The lowest BCUT2D eigenvalue weighted by Gasteiger charge is -2.22. The predicted octanol–water partition coefficient (Wildman–Crippen LogP) is 4.09. The zero-order chi connectivity index (χ0) is 27.5. The molecule has 0 radical (unpaired) electrons. The topological polar surface area (TPSA) is 126 Å². The molecule has 2 heterocycles. The van der Waals surface area contributed by atoms with Gasteiger partial charge in [0.1, 0.15) is 17.1 Å². The molecule has 1 amide bonds. The molecule has 0 fully saturated rings. The first-order valence-electron chi connectivity index (χ1n) is 12.1. The second-order valence-corrected chi connectivity index (χ2v) is 8.80. The molecule has 10 nitrogen and oxygen atoms in total. The van der Waals surface area contributed by atoms with E-state index in [1.165, 1.54) is 14.2 Å². The van der Waals surface area contributed by atoms with Crippen molar-refractivity contribution >= 4 is 16.9 Å². The number of hydrogen-bond acceptors (Lipinski definition) is 9. The van der Waals surface area contributed by atoms with Gasteiger partial charge in [0.15, 0.2) is 11.5 Å². The number of methoxy groups -OCH3 is 3. The molecular weight excluding hydrogens is 506 g/mol. The van der Waals surface area contributed by atoms with Gasteiger partial charge in [-0.15, -0.1) is 0 Å². The highest BCUT2D eigenvalue weighted by atomic mass is 16.7. The molecule has 202 valence electrons. The summed E-state index contributed by atoms with van der Waals surface area (Å²) in [6.07, 6.45) is -0.216. The Bertz CT molecular complexity index is 1580. The molecule has 0 aliphatic carbocycles. The van der Waals surface area contributed by atoms with Crippen molar-refractivity contribution in [2.24, 2.45) is 0 Å². The van der Waals surface area contributed by atoms with Gasteiger partial charge in [0.05, 0.1) is 32.3 Å². The van der Waals surface area contributed by atoms with Crippen LogP contribution in [-0.4, -0.2) is 39.1 Å². The van der Waals surface area contributed by atoms with Crippen LogP contribution in [0.5, 0.6) is 34.5 Å². The molecule has 39 heavy (non-hydrogen) atoms. The smallest absolute Gasteiger partial charge is 0.343 e. The van der Waals surface area contributed by atoms with E-state index in [4.69, 9.17) is 28.1 Å². The molecular formula is C29H27NO9. The standard InChI is InChI=1S/C29H27NO9/c1-34-17-10-8-16(9-11-17)14-30-23(31)13-19(24-25(32)18-6-4-5-7-21(18)39-29(24)33)20-12-22(35-2)27-28(26(20)36-3)38-15-37-27/h4-12,19,32H,13-15H2,1-3H3,(H,30,31)/t19-/m1/s1. The van der Waals surface area contributed by atoms with E-state index in [2.05, 4.69) is 5.32 Å². The Balaban J connectivity index is 1.59. The Morgan fingerprint density at radius 3 is 2.46 bits per heavy atom. The van der Waals surface area contributed by atoms with Crippen molar-refractivity contribution in [1.82, 2.24) is 5.32 Å². The summed E-state index contributed by atoms with van der Waals surface area (Å²) in [4.78, 5) is 26.6. The molecule has 1 aliphatic heterocycles. The van der Waals surface area contributed by atoms with Crippen molar-refractivity contribution in [2.75, 3.05) is 28.1 Å². The van der Waals surface area contributed by atoms with Gasteiger partial charge in [-0.25, -0.2) is 4.79 Å². The molecule has 1 atom stereocenters. The molecule has 10 heteroatoms. The van der Waals surface area contributed by atoms with Gasteiger partial charge in [-0.2, -0.15) is 0 Å². The van der Waals surface area contributed by atoms with Crippen LogP contribution in [0.25, 0.3) is 11.0 Å². The number of rotatable bonds is 9. The van der Waals surface area contributed by atoms with Crippen LogP contribution < -0.4 is 34.6 Å². The summed E-state index contributed by atoms with van der Waals surface area (Å²) in [5, 5.41) is 14.5. The van der Waals surface area contributed by atoms with Gasteiger partial charge in [-0.05, 0) is 35.9 Å². The highest BCUT2D eigenvalue weighted by molar-refractivity contribution is 5.85. The summed E-state index contributed by atoms with van der Waals surface area (Å²) in [5.41, 5.74) is 0.597. The number of fused-ring (bicyclic) bond motifs is 2. The summed E-state index contributed by atoms with van der Waals surface area (Å²) in [5.74, 6) is 0.257. The fourth-order valence-corrected chi connectivity index (χ4v) is 4.68. The molecule has 0 saturated heterocycles. The summed E-state index contributed by atoms with van der Waals surface area (Å²) < 4.78 is 33.1. The van der Waals surface area contributed by atoms with Crippen LogP contribution >= 0.6 is 0 Å². The molecule has 5 rings (SSSR count). The minimum atomic E-state index is -0.986. The third kappa shape index (κ3) is 4.88. The number of aromatic hydroxyl groups is 1. The van der Waals surface area contributed by atoms with Gasteiger partial charge < -0.3 is 38.5 Å². The molecule has 1 aliphatic rings. The second-order valence-electron chi connectivity index (χ2n) is 8.80. The van der Waals surface area contributed by atoms with Gasteiger partial charge in [0, 0.05) is 24.4 Å². The van der Waals surface area contributed by atoms with E-state index in [0.29, 0.717) is 28.2 Å². The SMILES string of the molecule is COc1ccc(CNC(=O)C[C@H](c2cc(OC)c3c(c2OC)OCO3)c2c(O)c3ccccc3oc2=O)cc1. The highest BCUT2D eigenvalue weighted by Crippen LogP contribution is 2.53. The lowest BCUT2D eigenvalue weighted by molar-refractivity contribution is -0.121. The van der Waals surface area contributed by atoms with Gasteiger partial charge >= 0.3 is 5.63 Å². The highest BCUT2D eigenvalue weighted by Gasteiger charge is 2.35. The molecule has 1 aromatic heterocycles. The lowest BCUT2D eigenvalue weighted by atomic mass is 9.86. The van der Waals surface area contributed by atoms with Crippen LogP contribution in [-0.2, 0) is 11.3 Å². The van der Waals surface area contributed by atoms with E-state index in [1.54, 1.807) is 49.6 Å². The first kappa shape index (κ1) is 25.8. The first-order valence-corrected chi connectivity index (χ1v) is 12.1. The van der Waals surface area contributed by atoms with Crippen molar-refractivity contribution in [1.29, 1.82) is 0 Å². The number of amides is 1. The maximum absolute atomic E-state index is 13.3. The number of carbonyl (C=O) groups excluding carboxylic acids is 1. The van der Waals surface area contributed by atoms with Crippen LogP contribution in [0.1, 0.15) is 29.0 Å². The largest absolute Gasteiger partial charge is 0.507 e. The maximum atomic E-state index is 13.3. The van der Waals surface area contributed by atoms with Crippen molar-refractivity contribution in [3.63, 3.8) is 0 Å². The number of benzene rings is 3. The third-order valence-electron chi connectivity index (χ3n) is 6.60. The number of para-hydroxylation sites is 1. The van der Waals surface area contributed by atoms with E-state index in [1.807, 2.05) is 12.1 Å². The van der Waals surface area contributed by atoms with Gasteiger partial charge in [0.2, 0.25) is 24.2 Å². The van der Waals surface area contributed by atoms with Gasteiger partial charge in [-0.3, -0.25) is 4.79 Å². The van der Waals surface area contributed by atoms with E-state index in [9.17, 15) is 14.7 Å². The van der Waals surface area contributed by atoms with Crippen molar-refractivity contribution < 1.29 is 38.0 Å². The monoisotopic (exact) mass is 533 g/mol. The van der Waals surface area contributed by atoms with Crippen LogP contribution in [0.3, 0.4) is 0 Å². The van der Waals surface area contributed by atoms with Gasteiger partial charge in [0.25, 0.3) is 0 Å². The Morgan fingerprint density at radius 1 is 1.00 bits per heavy atom. The molecule has 3 aromatic carbocycles. The van der Waals surface area contributed by atoms with E-state index in [-0.39, 0.29) is 54.1 Å². The van der Waals surface area contributed by atoms with E-state index >= 15 is 0 Å². The van der Waals surface area contributed by atoms with Crippen LogP contribution in [0.4, 0.5) is 0 Å². The Kier molecular flexibility index (Phi) is 7.18. The van der Waals surface area contributed by atoms with E-state index < -0.39 is 11.5 Å². The van der Waals surface area contributed by atoms with Crippen molar-refractivity contribution in [2.45, 2.75) is 18.9 Å². The van der Waals surface area contributed by atoms with Crippen LogP contribution in [0.15, 0.2) is 63.8 Å². The maximum Gasteiger partial charge on any atom is 0.343 e. The third-order valence-corrected chi connectivity index (χ3v) is 6.60. The fraction of sp³-hybridized carbons (Fsp3) is 0.241. The summed E-state index contributed by atoms with van der Waals surface area (Å²) >= 11 is 0. The van der Waals surface area contributed by atoms with Gasteiger partial charge in [-0.1, -0.05) is 24.3 Å². The Labute approximate surface area is 223 Å². The number of hydrogen-bond donors (Lipinski definition) is 2. The molecule has 0 saturated carbocycles. The van der Waals surface area contributed by atoms with Crippen LogP contribution in [0, 0.1) is 0 Å². The molecule has 0 bridgehead atoms. The summed E-state index contributed by atoms with van der Waals surface area (Å²) in [6, 6.07) is 15.5. The average molecular weight is 534 g/mol. The number of ether oxygens (including phenoxy) is 5. The zero-order valence-corrected chi connectivity index (χ0v) is 21.6. The Hall–Kier alpha value is -4.86. The molecule has 0 unspecified atom stereocenters. The zero-order valence-electron chi connectivity index (χ0n) is 21.6. The molecule has 4 aromatic rings. The Morgan fingerprint density at radius 2 is 1.74 bits per heavy atom.